The van der Waals surface area contributed by atoms with Crippen LogP contribution < -0.4 is 5.73 Å². The number of nitrogens with two attached hydrogens (primary N) is 1. The third-order valence-electron chi connectivity index (χ3n) is 1.91. The van der Waals surface area contributed by atoms with Crippen LogP contribution in [0.4, 0.5) is 0 Å². The average Bonchev–Trinajstić information content (AvgIpc) is 1.87. The topological polar surface area (TPSA) is 32.5 Å². The molecule has 1 atom stereocenters. The van der Waals surface area contributed by atoms with E-state index in [1.165, 1.54) is 0 Å². The highest BCUT2D eigenvalue weighted by molar-refractivity contribution is 4.67. The molecular formula is C8H21N3. The molecule has 3 nitrogen and oxygen atoms in total. The molecular weight excluding hydrogens is 138 g/mol. The van der Waals surface area contributed by atoms with Gasteiger partial charge in [0.25, 0.3) is 0 Å². The molecule has 0 radical (unpaired) electrons. The van der Waals surface area contributed by atoms with Crippen LogP contribution in [0, 0.1) is 0 Å². The van der Waals surface area contributed by atoms with Gasteiger partial charge in [-0.3, -0.25) is 0 Å². The van der Waals surface area contributed by atoms with E-state index in [-0.39, 0.29) is 0 Å². The van der Waals surface area contributed by atoms with Crippen LogP contribution in [0.3, 0.4) is 0 Å². The fourth-order valence-corrected chi connectivity index (χ4v) is 0.994. The van der Waals surface area contributed by atoms with Crippen molar-refractivity contribution in [2.45, 2.75) is 12.5 Å². The number of likely N-dealkylation sites (N-methyl/N-ethyl adjacent to an activating group) is 1. The Morgan fingerprint density at radius 3 is 2.00 bits per heavy atom. The zero-order valence-corrected chi connectivity index (χ0v) is 8.17. The van der Waals surface area contributed by atoms with Crippen molar-refractivity contribution < 1.29 is 0 Å². The van der Waals surface area contributed by atoms with Crippen LogP contribution in [0.2, 0.25) is 0 Å². The van der Waals surface area contributed by atoms with Crippen molar-refractivity contribution in [1.29, 1.82) is 0 Å². The predicted molar refractivity (Wildman–Crippen MR) is 49.7 cm³/mol. The van der Waals surface area contributed by atoms with E-state index < -0.39 is 0 Å². The van der Waals surface area contributed by atoms with E-state index in [0.29, 0.717) is 6.04 Å². The summed E-state index contributed by atoms with van der Waals surface area (Å²) in [5, 5.41) is 0. The first-order valence-corrected chi connectivity index (χ1v) is 4.09. The minimum Gasteiger partial charge on any atom is -0.329 e. The van der Waals surface area contributed by atoms with Gasteiger partial charge in [-0.05, 0) is 41.2 Å². The lowest BCUT2D eigenvalue weighted by Gasteiger charge is -2.23. The van der Waals surface area contributed by atoms with Gasteiger partial charge in [-0.1, -0.05) is 0 Å². The van der Waals surface area contributed by atoms with Crippen molar-refractivity contribution in [2.24, 2.45) is 5.73 Å². The van der Waals surface area contributed by atoms with Crippen LogP contribution in [-0.2, 0) is 0 Å². The summed E-state index contributed by atoms with van der Waals surface area (Å²) >= 11 is 0. The molecule has 0 spiro atoms. The number of hydrogen-bond donors (Lipinski definition) is 1. The van der Waals surface area contributed by atoms with Crippen LogP contribution >= 0.6 is 0 Å². The Morgan fingerprint density at radius 1 is 1.18 bits per heavy atom. The lowest BCUT2D eigenvalue weighted by atomic mass is 10.2. The highest BCUT2D eigenvalue weighted by Gasteiger charge is 2.08. The number of nitrogens with zero attached hydrogens (tertiary/aromatic N) is 2. The molecule has 1 unspecified atom stereocenters. The normalized spacial score (nSPS) is 14.5. The van der Waals surface area contributed by atoms with E-state index in [0.717, 1.165) is 19.5 Å². The number of hydrogen-bond acceptors (Lipinski definition) is 3. The second-order valence-electron chi connectivity index (χ2n) is 3.45. The summed E-state index contributed by atoms with van der Waals surface area (Å²) in [4.78, 5) is 4.37. The van der Waals surface area contributed by atoms with Gasteiger partial charge in [0.1, 0.15) is 0 Å². The summed E-state index contributed by atoms with van der Waals surface area (Å²) in [5.74, 6) is 0. The van der Waals surface area contributed by atoms with Crippen LogP contribution in [0.1, 0.15) is 6.42 Å². The molecule has 0 rings (SSSR count). The van der Waals surface area contributed by atoms with E-state index in [9.17, 15) is 0 Å². The third kappa shape index (κ3) is 5.18. The summed E-state index contributed by atoms with van der Waals surface area (Å²) < 4.78 is 0. The summed E-state index contributed by atoms with van der Waals surface area (Å²) in [6.45, 7) is 1.86. The molecule has 2 N–H and O–H groups in total. The van der Waals surface area contributed by atoms with Crippen molar-refractivity contribution in [3.05, 3.63) is 0 Å². The Balaban J connectivity index is 3.52. The van der Waals surface area contributed by atoms with Crippen molar-refractivity contribution >= 4 is 0 Å². The molecule has 0 fully saturated rings. The van der Waals surface area contributed by atoms with Gasteiger partial charge in [0.15, 0.2) is 0 Å². The highest BCUT2D eigenvalue weighted by atomic mass is 15.1. The lowest BCUT2D eigenvalue weighted by Crippen LogP contribution is -2.37. The molecule has 3 heteroatoms. The Kier molecular flexibility index (Phi) is 5.46. The predicted octanol–water partition coefficient (Wildman–Crippen LogP) is -0.173. The minimum atomic E-state index is 0.525. The molecule has 0 aliphatic heterocycles. The lowest BCUT2D eigenvalue weighted by molar-refractivity contribution is 0.256. The fourth-order valence-electron chi connectivity index (χ4n) is 0.994. The maximum Gasteiger partial charge on any atom is 0.0224 e. The smallest absolute Gasteiger partial charge is 0.0224 e. The summed E-state index contributed by atoms with van der Waals surface area (Å²) in [6.07, 6.45) is 1.15. The molecule has 68 valence electrons. The van der Waals surface area contributed by atoms with Crippen molar-refractivity contribution in [3.63, 3.8) is 0 Å². The summed E-state index contributed by atoms with van der Waals surface area (Å²) in [6, 6.07) is 0.525. The van der Waals surface area contributed by atoms with Crippen LogP contribution in [0.25, 0.3) is 0 Å². The van der Waals surface area contributed by atoms with E-state index in [1.54, 1.807) is 0 Å². The minimum absolute atomic E-state index is 0.525. The van der Waals surface area contributed by atoms with Crippen LogP contribution in [-0.4, -0.2) is 57.1 Å². The molecule has 0 amide bonds. The Morgan fingerprint density at radius 2 is 1.73 bits per heavy atom. The average molecular weight is 159 g/mol. The molecule has 0 aromatic carbocycles. The first kappa shape index (κ1) is 10.9. The first-order chi connectivity index (χ1) is 5.07. The largest absolute Gasteiger partial charge is 0.329 e. The summed E-state index contributed by atoms with van der Waals surface area (Å²) in [7, 11) is 8.33. The van der Waals surface area contributed by atoms with Crippen molar-refractivity contribution in [2.75, 3.05) is 41.3 Å². The van der Waals surface area contributed by atoms with Gasteiger partial charge in [-0.25, -0.2) is 0 Å². The molecule has 11 heavy (non-hydrogen) atoms. The van der Waals surface area contributed by atoms with Gasteiger partial charge in [0.2, 0.25) is 0 Å². The second kappa shape index (κ2) is 5.52. The van der Waals surface area contributed by atoms with Crippen molar-refractivity contribution in [3.8, 4) is 0 Å². The van der Waals surface area contributed by atoms with Gasteiger partial charge in [0.05, 0.1) is 0 Å². The monoisotopic (exact) mass is 159 g/mol. The SMILES string of the molecule is CN(C)CCC(CN)N(C)C. The molecule has 0 saturated carbocycles. The highest BCUT2D eigenvalue weighted by Crippen LogP contribution is 1.97. The van der Waals surface area contributed by atoms with Gasteiger partial charge < -0.3 is 15.5 Å². The van der Waals surface area contributed by atoms with E-state index >= 15 is 0 Å². The molecule has 0 aliphatic carbocycles. The zero-order chi connectivity index (χ0) is 8.85. The maximum atomic E-state index is 5.60. The van der Waals surface area contributed by atoms with Crippen LogP contribution in [0.5, 0.6) is 0 Å². The Bertz CT molecular complexity index is 91.3. The molecule has 0 saturated heterocycles. The van der Waals surface area contributed by atoms with Gasteiger partial charge in [-0.2, -0.15) is 0 Å². The zero-order valence-electron chi connectivity index (χ0n) is 8.17. The molecule has 0 heterocycles. The van der Waals surface area contributed by atoms with Crippen LogP contribution in [0.15, 0.2) is 0 Å². The Labute approximate surface area is 70.2 Å². The third-order valence-corrected chi connectivity index (χ3v) is 1.91. The van der Waals surface area contributed by atoms with E-state index in [2.05, 4.69) is 38.0 Å². The molecule has 0 aromatic rings. The molecule has 0 aliphatic rings. The molecule has 0 aromatic heterocycles. The fraction of sp³-hybridized carbons (Fsp3) is 1.00. The van der Waals surface area contributed by atoms with Gasteiger partial charge >= 0.3 is 0 Å². The molecule has 0 bridgehead atoms. The quantitative estimate of drug-likeness (QED) is 0.604. The van der Waals surface area contributed by atoms with Crippen molar-refractivity contribution in [1.82, 2.24) is 9.80 Å². The Hall–Kier alpha value is -0.120. The second-order valence-corrected chi connectivity index (χ2v) is 3.45. The standard InChI is InChI=1S/C8H21N3/c1-10(2)6-5-8(7-9)11(3)4/h8H,5-7,9H2,1-4H3. The maximum absolute atomic E-state index is 5.60. The van der Waals surface area contributed by atoms with E-state index in [1.807, 2.05) is 0 Å². The van der Waals surface area contributed by atoms with Gasteiger partial charge in [0, 0.05) is 12.6 Å². The first-order valence-electron chi connectivity index (χ1n) is 4.09. The van der Waals surface area contributed by atoms with Gasteiger partial charge in [-0.15, -0.1) is 0 Å². The summed E-state index contributed by atoms with van der Waals surface area (Å²) in [5.41, 5.74) is 5.60. The van der Waals surface area contributed by atoms with E-state index in [4.69, 9.17) is 5.73 Å². The number of rotatable bonds is 5.